The van der Waals surface area contributed by atoms with E-state index in [2.05, 4.69) is 33.2 Å². The molecule has 0 spiro atoms. The van der Waals surface area contributed by atoms with Crippen molar-refractivity contribution in [2.75, 3.05) is 10.6 Å². The number of anilines is 2. The van der Waals surface area contributed by atoms with Crippen LogP contribution in [0.1, 0.15) is 5.56 Å². The molecule has 0 aliphatic heterocycles. The Morgan fingerprint density at radius 2 is 1.96 bits per heavy atom. The summed E-state index contributed by atoms with van der Waals surface area (Å²) in [5, 5.41) is 15.7. The lowest BCUT2D eigenvalue weighted by molar-refractivity contribution is -0.112. The Hall–Kier alpha value is -1.75. The molecule has 24 heavy (non-hydrogen) atoms. The summed E-state index contributed by atoms with van der Waals surface area (Å²) in [6, 6.07) is 12.4. The van der Waals surface area contributed by atoms with E-state index in [9.17, 15) is 10.1 Å². The highest BCUT2D eigenvalue weighted by Crippen LogP contribution is 2.25. The van der Waals surface area contributed by atoms with Gasteiger partial charge in [0.1, 0.15) is 11.6 Å². The monoisotopic (exact) mass is 471 g/mol. The highest BCUT2D eigenvalue weighted by molar-refractivity contribution is 14.1. The van der Waals surface area contributed by atoms with Crippen LogP contribution in [0.4, 0.5) is 11.4 Å². The lowest BCUT2D eigenvalue weighted by atomic mass is 10.2. The number of carbonyl (C=O) groups excluding carboxylic acids is 1. The number of carbonyl (C=O) groups is 1. The number of nitrogens with one attached hydrogen (secondary N) is 2. The molecule has 0 aliphatic carbocycles. The van der Waals surface area contributed by atoms with Gasteiger partial charge < -0.3 is 10.6 Å². The molecule has 1 amide bonds. The summed E-state index contributed by atoms with van der Waals surface area (Å²) in [4.78, 5) is 12.3. The molecule has 122 valence electrons. The summed E-state index contributed by atoms with van der Waals surface area (Å²) in [5.41, 5.74) is 2.00. The zero-order valence-electron chi connectivity index (χ0n) is 12.5. The first-order valence-corrected chi connectivity index (χ1v) is 8.63. The van der Waals surface area contributed by atoms with Crippen molar-refractivity contribution in [2.45, 2.75) is 6.92 Å². The van der Waals surface area contributed by atoms with Crippen LogP contribution in [0.3, 0.4) is 0 Å². The summed E-state index contributed by atoms with van der Waals surface area (Å²) >= 11 is 14.1. The number of nitrogens with zero attached hydrogens (tertiary/aromatic N) is 1. The van der Waals surface area contributed by atoms with Gasteiger partial charge in [-0.2, -0.15) is 5.26 Å². The van der Waals surface area contributed by atoms with E-state index in [1.807, 2.05) is 25.1 Å². The minimum Gasteiger partial charge on any atom is -0.359 e. The van der Waals surface area contributed by atoms with Crippen LogP contribution in [-0.4, -0.2) is 5.91 Å². The molecule has 4 nitrogen and oxygen atoms in total. The fourth-order valence-corrected chi connectivity index (χ4v) is 2.85. The van der Waals surface area contributed by atoms with Crippen LogP contribution in [0.15, 0.2) is 48.2 Å². The number of rotatable bonds is 4. The fourth-order valence-electron chi connectivity index (χ4n) is 1.86. The standard InChI is InChI=1S/C17H12Cl2IN3O/c1-10-6-13(20)3-5-15(10)23-17(24)11(8-21)9-22-16-7-12(18)2-4-14(16)19/h2-7,9,22H,1H3,(H,23,24)/b11-9-. The molecule has 2 aromatic carbocycles. The first kappa shape index (κ1) is 18.6. The van der Waals surface area contributed by atoms with Gasteiger partial charge in [0, 0.05) is 20.5 Å². The van der Waals surface area contributed by atoms with E-state index >= 15 is 0 Å². The average Bonchev–Trinajstić information content (AvgIpc) is 2.54. The molecule has 0 radical (unpaired) electrons. The minimum absolute atomic E-state index is 0.0796. The largest absolute Gasteiger partial charge is 0.359 e. The second-order valence-corrected chi connectivity index (χ2v) is 6.94. The zero-order chi connectivity index (χ0) is 17.7. The van der Waals surface area contributed by atoms with Crippen LogP contribution in [0, 0.1) is 21.8 Å². The molecule has 7 heteroatoms. The third-order valence-electron chi connectivity index (χ3n) is 3.10. The number of amides is 1. The molecule has 0 heterocycles. The predicted octanol–water partition coefficient (Wildman–Crippen LogP) is 5.36. The first-order valence-electron chi connectivity index (χ1n) is 6.80. The zero-order valence-corrected chi connectivity index (χ0v) is 16.2. The Kier molecular flexibility index (Phi) is 6.49. The lowest BCUT2D eigenvalue weighted by Gasteiger charge is -2.09. The highest BCUT2D eigenvalue weighted by Gasteiger charge is 2.11. The Morgan fingerprint density at radius 3 is 2.62 bits per heavy atom. The van der Waals surface area contributed by atoms with Crippen molar-refractivity contribution >= 4 is 63.1 Å². The Bertz CT molecular complexity index is 859. The topological polar surface area (TPSA) is 64.9 Å². The quantitative estimate of drug-likeness (QED) is 0.358. The van der Waals surface area contributed by atoms with Gasteiger partial charge in [0.05, 0.1) is 10.7 Å². The molecule has 0 saturated heterocycles. The van der Waals surface area contributed by atoms with Gasteiger partial charge in [-0.05, 0) is 71.5 Å². The van der Waals surface area contributed by atoms with Gasteiger partial charge in [0.25, 0.3) is 5.91 Å². The van der Waals surface area contributed by atoms with Crippen molar-refractivity contribution in [1.82, 2.24) is 0 Å². The van der Waals surface area contributed by atoms with Crippen LogP contribution < -0.4 is 10.6 Å². The van der Waals surface area contributed by atoms with Crippen molar-refractivity contribution in [3.05, 3.63) is 67.4 Å². The van der Waals surface area contributed by atoms with E-state index in [-0.39, 0.29) is 5.57 Å². The van der Waals surface area contributed by atoms with Crippen LogP contribution in [0.25, 0.3) is 0 Å². The summed E-state index contributed by atoms with van der Waals surface area (Å²) in [6.07, 6.45) is 1.30. The maximum absolute atomic E-state index is 12.3. The van der Waals surface area contributed by atoms with Crippen molar-refractivity contribution in [2.24, 2.45) is 0 Å². The van der Waals surface area contributed by atoms with Crippen molar-refractivity contribution in [3.63, 3.8) is 0 Å². The number of hydrogen-bond donors (Lipinski definition) is 2. The third kappa shape index (κ3) is 4.87. The van der Waals surface area contributed by atoms with Crippen LogP contribution in [0.2, 0.25) is 10.0 Å². The maximum Gasteiger partial charge on any atom is 0.267 e. The molecule has 2 aromatic rings. The van der Waals surface area contributed by atoms with E-state index in [1.165, 1.54) is 6.20 Å². The fraction of sp³-hybridized carbons (Fsp3) is 0.0588. The molecular weight excluding hydrogens is 460 g/mol. The summed E-state index contributed by atoms with van der Waals surface area (Å²) in [5.74, 6) is -0.507. The van der Waals surface area contributed by atoms with Crippen LogP contribution >= 0.6 is 45.8 Å². The molecule has 0 bridgehead atoms. The van der Waals surface area contributed by atoms with Gasteiger partial charge in [-0.25, -0.2) is 0 Å². The van der Waals surface area contributed by atoms with Crippen molar-refractivity contribution in [3.8, 4) is 6.07 Å². The molecule has 2 rings (SSSR count). The Balaban J connectivity index is 2.16. The SMILES string of the molecule is Cc1cc(I)ccc1NC(=O)/C(C#N)=C\Nc1cc(Cl)ccc1Cl. The number of nitriles is 1. The molecule has 0 fully saturated rings. The van der Waals surface area contributed by atoms with Gasteiger partial charge in [-0.3, -0.25) is 4.79 Å². The van der Waals surface area contributed by atoms with Gasteiger partial charge in [0.2, 0.25) is 0 Å². The lowest BCUT2D eigenvalue weighted by Crippen LogP contribution is -2.15. The smallest absolute Gasteiger partial charge is 0.267 e. The van der Waals surface area contributed by atoms with Crippen molar-refractivity contribution in [1.29, 1.82) is 5.26 Å². The number of aryl methyl sites for hydroxylation is 1. The summed E-state index contributed by atoms with van der Waals surface area (Å²) in [6.45, 7) is 1.89. The molecule has 0 aromatic heterocycles. The second kappa shape index (κ2) is 8.38. The summed E-state index contributed by atoms with van der Waals surface area (Å²) < 4.78 is 1.07. The van der Waals surface area contributed by atoms with Crippen LogP contribution in [0.5, 0.6) is 0 Å². The molecule has 0 saturated carbocycles. The molecular formula is C17H12Cl2IN3O. The Labute approximate surface area is 163 Å². The molecule has 2 N–H and O–H groups in total. The van der Waals surface area contributed by atoms with E-state index in [4.69, 9.17) is 23.2 Å². The maximum atomic E-state index is 12.3. The summed E-state index contributed by atoms with van der Waals surface area (Å²) in [7, 11) is 0. The number of halogens is 3. The van der Waals surface area contributed by atoms with E-state index in [1.54, 1.807) is 24.3 Å². The first-order chi connectivity index (χ1) is 11.4. The number of benzene rings is 2. The van der Waals surface area contributed by atoms with E-state index < -0.39 is 5.91 Å². The van der Waals surface area contributed by atoms with E-state index in [0.717, 1.165) is 9.13 Å². The molecule has 0 atom stereocenters. The molecule has 0 aliphatic rings. The number of hydrogen-bond acceptors (Lipinski definition) is 3. The predicted molar refractivity (Wildman–Crippen MR) is 106 cm³/mol. The third-order valence-corrected chi connectivity index (χ3v) is 4.34. The average molecular weight is 472 g/mol. The van der Waals surface area contributed by atoms with Gasteiger partial charge in [-0.1, -0.05) is 23.2 Å². The second-order valence-electron chi connectivity index (χ2n) is 4.85. The van der Waals surface area contributed by atoms with Crippen molar-refractivity contribution < 1.29 is 4.79 Å². The normalized spacial score (nSPS) is 10.9. The Morgan fingerprint density at radius 1 is 1.21 bits per heavy atom. The molecule has 0 unspecified atom stereocenters. The van der Waals surface area contributed by atoms with Crippen LogP contribution in [-0.2, 0) is 4.79 Å². The van der Waals surface area contributed by atoms with Gasteiger partial charge >= 0.3 is 0 Å². The van der Waals surface area contributed by atoms with E-state index in [0.29, 0.717) is 21.4 Å². The van der Waals surface area contributed by atoms with Gasteiger partial charge in [0.15, 0.2) is 0 Å². The highest BCUT2D eigenvalue weighted by atomic mass is 127. The van der Waals surface area contributed by atoms with Gasteiger partial charge in [-0.15, -0.1) is 0 Å². The minimum atomic E-state index is -0.507.